The van der Waals surface area contributed by atoms with Crippen LogP contribution >= 0.6 is 0 Å². The summed E-state index contributed by atoms with van der Waals surface area (Å²) in [5.41, 5.74) is 17.5. The Bertz CT molecular complexity index is 2980. The molecule has 1 fully saturated rings. The van der Waals surface area contributed by atoms with Crippen LogP contribution in [-0.2, 0) is 5.41 Å². The zero-order valence-corrected chi connectivity index (χ0v) is 34.5. The lowest BCUT2D eigenvalue weighted by Gasteiger charge is -2.31. The summed E-state index contributed by atoms with van der Waals surface area (Å²) in [6.07, 6.45) is 6.58. The zero-order chi connectivity index (χ0) is 40.2. The Morgan fingerprint density at radius 3 is 1.83 bits per heavy atom. The highest BCUT2D eigenvalue weighted by Crippen LogP contribution is 2.53. The van der Waals surface area contributed by atoms with E-state index in [4.69, 9.17) is 0 Å². The van der Waals surface area contributed by atoms with Crippen molar-refractivity contribution in [1.82, 2.24) is 0 Å². The third-order valence-corrected chi connectivity index (χ3v) is 13.6. The Kier molecular flexibility index (Phi) is 9.00. The number of hydrogen-bond donors (Lipinski definition) is 0. The Morgan fingerprint density at radius 2 is 1.07 bits per heavy atom. The fraction of sp³-hybridized carbons (Fsp3) is 0.153. The molecule has 0 spiro atoms. The first-order valence-electron chi connectivity index (χ1n) is 21.9. The largest absolute Gasteiger partial charge is 0.310 e. The third kappa shape index (κ3) is 6.23. The van der Waals surface area contributed by atoms with Crippen molar-refractivity contribution in [2.75, 3.05) is 4.90 Å². The molecule has 2 aliphatic rings. The fourth-order valence-electron chi connectivity index (χ4n) is 10.5. The van der Waals surface area contributed by atoms with Gasteiger partial charge in [-0.05, 0) is 132 Å². The van der Waals surface area contributed by atoms with Gasteiger partial charge in [0.15, 0.2) is 0 Å². The molecule has 1 saturated carbocycles. The molecule has 1 heteroatoms. The molecule has 9 aromatic rings. The number of hydrogen-bond acceptors (Lipinski definition) is 1. The van der Waals surface area contributed by atoms with Crippen LogP contribution in [0, 0.1) is 0 Å². The summed E-state index contributed by atoms with van der Waals surface area (Å²) in [6, 6.07) is 73.0. The molecule has 0 amide bonds. The summed E-state index contributed by atoms with van der Waals surface area (Å²) in [5.74, 6) is 0.635. The second-order valence-corrected chi connectivity index (χ2v) is 17.5. The molecule has 290 valence electrons. The van der Waals surface area contributed by atoms with Gasteiger partial charge in [-0.2, -0.15) is 0 Å². The van der Waals surface area contributed by atoms with Crippen molar-refractivity contribution in [3.8, 4) is 44.5 Å². The molecule has 0 aromatic heterocycles. The summed E-state index contributed by atoms with van der Waals surface area (Å²) in [6.45, 7) is 4.74. The lowest BCUT2D eigenvalue weighted by atomic mass is 9.82. The van der Waals surface area contributed by atoms with E-state index >= 15 is 0 Å². The molecular formula is C59H49N. The molecule has 9 aromatic carbocycles. The smallest absolute Gasteiger partial charge is 0.0546 e. The number of anilines is 3. The third-order valence-electron chi connectivity index (χ3n) is 13.6. The molecule has 0 heterocycles. The van der Waals surface area contributed by atoms with E-state index in [-0.39, 0.29) is 5.41 Å². The maximum absolute atomic E-state index is 2.55. The van der Waals surface area contributed by atoms with Crippen molar-refractivity contribution in [3.63, 3.8) is 0 Å². The minimum atomic E-state index is -0.0872. The van der Waals surface area contributed by atoms with Gasteiger partial charge in [0, 0.05) is 22.4 Å². The second kappa shape index (κ2) is 14.8. The Morgan fingerprint density at radius 1 is 0.417 bits per heavy atom. The Labute approximate surface area is 354 Å². The minimum Gasteiger partial charge on any atom is -0.310 e. The SMILES string of the molecule is CC1(C)c2ccccc2-c2cc(N(c3cc(-c4ccccc4)cc(-c4ccccc4)c3)c3ccc4cc(C5CCCCC5)ccc4c3-c3cccc4ccccc34)ccc21. The highest BCUT2D eigenvalue weighted by molar-refractivity contribution is 6.12. The fourth-order valence-corrected chi connectivity index (χ4v) is 10.5. The van der Waals surface area contributed by atoms with Crippen LogP contribution < -0.4 is 4.90 Å². The predicted octanol–water partition coefficient (Wildman–Crippen LogP) is 16.8. The zero-order valence-electron chi connectivity index (χ0n) is 34.5. The number of rotatable bonds is 7. The standard InChI is InChI=1S/C59H49N/c1-59(2)55-28-15-14-26-52(55)54-39-48(31-33-56(54)59)60(49-37-46(41-19-8-4-9-20-41)36-47(38-49)42-21-10-5-11-22-42)57-34-30-45-35-44(40-17-6-3-7-18-40)29-32-51(45)58(57)53-27-16-24-43-23-12-13-25-50(43)53/h4-5,8-16,19-40H,3,6-7,17-18H2,1-2H3. The molecule has 60 heavy (non-hydrogen) atoms. The minimum absolute atomic E-state index is 0.0872. The van der Waals surface area contributed by atoms with E-state index in [9.17, 15) is 0 Å². The van der Waals surface area contributed by atoms with E-state index in [1.54, 1.807) is 0 Å². The highest BCUT2D eigenvalue weighted by Gasteiger charge is 2.36. The second-order valence-electron chi connectivity index (χ2n) is 17.5. The van der Waals surface area contributed by atoms with Crippen molar-refractivity contribution in [3.05, 3.63) is 211 Å². The van der Waals surface area contributed by atoms with Crippen LogP contribution in [0.3, 0.4) is 0 Å². The molecule has 1 nitrogen and oxygen atoms in total. The van der Waals surface area contributed by atoms with Crippen molar-refractivity contribution < 1.29 is 0 Å². The van der Waals surface area contributed by atoms with Crippen LogP contribution in [0.2, 0.25) is 0 Å². The van der Waals surface area contributed by atoms with Gasteiger partial charge in [0.2, 0.25) is 0 Å². The summed E-state index contributed by atoms with van der Waals surface area (Å²) in [7, 11) is 0. The maximum Gasteiger partial charge on any atom is 0.0546 e. The number of benzene rings is 9. The monoisotopic (exact) mass is 771 g/mol. The van der Waals surface area contributed by atoms with Crippen LogP contribution in [-0.4, -0.2) is 0 Å². The molecular weight excluding hydrogens is 723 g/mol. The van der Waals surface area contributed by atoms with Crippen LogP contribution in [0.5, 0.6) is 0 Å². The molecule has 0 bridgehead atoms. The Balaban J connectivity index is 1.22. The van der Waals surface area contributed by atoms with Crippen molar-refractivity contribution in [2.24, 2.45) is 0 Å². The number of nitrogens with zero attached hydrogens (tertiary/aromatic N) is 1. The lowest BCUT2D eigenvalue weighted by molar-refractivity contribution is 0.444. The van der Waals surface area contributed by atoms with Crippen LogP contribution in [0.1, 0.15) is 68.6 Å². The molecule has 11 rings (SSSR count). The van der Waals surface area contributed by atoms with Crippen LogP contribution in [0.4, 0.5) is 17.1 Å². The number of fused-ring (bicyclic) bond motifs is 5. The van der Waals surface area contributed by atoms with E-state index in [0.29, 0.717) is 5.92 Å². The molecule has 0 atom stereocenters. The van der Waals surface area contributed by atoms with Gasteiger partial charge < -0.3 is 4.90 Å². The van der Waals surface area contributed by atoms with Gasteiger partial charge in [-0.25, -0.2) is 0 Å². The summed E-state index contributed by atoms with van der Waals surface area (Å²) < 4.78 is 0. The first-order valence-corrected chi connectivity index (χ1v) is 21.9. The quantitative estimate of drug-likeness (QED) is 0.156. The predicted molar refractivity (Wildman–Crippen MR) is 256 cm³/mol. The van der Waals surface area contributed by atoms with Gasteiger partial charge in [0.25, 0.3) is 0 Å². The summed E-state index contributed by atoms with van der Waals surface area (Å²) in [5, 5.41) is 5.09. The molecule has 2 aliphatic carbocycles. The topological polar surface area (TPSA) is 3.24 Å². The van der Waals surface area contributed by atoms with E-state index in [2.05, 4.69) is 213 Å². The average Bonchev–Trinajstić information content (AvgIpc) is 3.54. The molecule has 0 unspecified atom stereocenters. The van der Waals surface area contributed by atoms with Gasteiger partial charge in [-0.15, -0.1) is 0 Å². The van der Waals surface area contributed by atoms with Gasteiger partial charge in [0.05, 0.1) is 5.69 Å². The van der Waals surface area contributed by atoms with Gasteiger partial charge in [-0.1, -0.05) is 191 Å². The molecule has 0 N–H and O–H groups in total. The highest BCUT2D eigenvalue weighted by atomic mass is 15.1. The van der Waals surface area contributed by atoms with E-state index in [1.807, 2.05) is 0 Å². The average molecular weight is 772 g/mol. The van der Waals surface area contributed by atoms with Gasteiger partial charge in [0.1, 0.15) is 0 Å². The van der Waals surface area contributed by atoms with Crippen molar-refractivity contribution >= 4 is 38.6 Å². The van der Waals surface area contributed by atoms with E-state index in [0.717, 1.165) is 11.4 Å². The normalized spacial score (nSPS) is 14.6. The van der Waals surface area contributed by atoms with E-state index < -0.39 is 0 Å². The van der Waals surface area contributed by atoms with Crippen LogP contribution in [0.15, 0.2) is 194 Å². The van der Waals surface area contributed by atoms with E-state index in [1.165, 1.54) is 121 Å². The van der Waals surface area contributed by atoms with Gasteiger partial charge >= 0.3 is 0 Å². The summed E-state index contributed by atoms with van der Waals surface area (Å²) >= 11 is 0. The maximum atomic E-state index is 2.55. The molecule has 0 saturated heterocycles. The van der Waals surface area contributed by atoms with Crippen molar-refractivity contribution in [2.45, 2.75) is 57.3 Å². The van der Waals surface area contributed by atoms with Gasteiger partial charge in [-0.3, -0.25) is 0 Å². The first kappa shape index (κ1) is 36.4. The molecule has 0 aliphatic heterocycles. The first-order chi connectivity index (χ1) is 29.5. The van der Waals surface area contributed by atoms with Crippen LogP contribution in [0.25, 0.3) is 66.1 Å². The summed E-state index contributed by atoms with van der Waals surface area (Å²) in [4.78, 5) is 2.55. The van der Waals surface area contributed by atoms with Crippen molar-refractivity contribution in [1.29, 1.82) is 0 Å². The Hall–Kier alpha value is -6.70. The lowest BCUT2D eigenvalue weighted by Crippen LogP contribution is -2.15. The molecule has 0 radical (unpaired) electrons.